The van der Waals surface area contributed by atoms with E-state index < -0.39 is 40.2 Å². The first-order valence-electron chi connectivity index (χ1n) is 8.23. The number of rotatable bonds is 5. The predicted octanol–water partition coefficient (Wildman–Crippen LogP) is 3.29. The molecule has 3 rings (SSSR count). The number of hydrogen-bond donors (Lipinski definition) is 0. The highest BCUT2D eigenvalue weighted by molar-refractivity contribution is 7.85. The molecule has 0 N–H and O–H groups in total. The lowest BCUT2D eigenvalue weighted by molar-refractivity contribution is -0.249. The molecule has 1 fully saturated rings. The van der Waals surface area contributed by atoms with Crippen LogP contribution in [0.1, 0.15) is 11.3 Å². The van der Waals surface area contributed by atoms with E-state index in [1.807, 2.05) is 12.1 Å². The quantitative estimate of drug-likeness (QED) is 0.399. The van der Waals surface area contributed by atoms with Gasteiger partial charge in [-0.25, -0.2) is 4.79 Å². The first kappa shape index (κ1) is 20.9. The van der Waals surface area contributed by atoms with Gasteiger partial charge in [-0.3, -0.25) is 4.21 Å². The van der Waals surface area contributed by atoms with Gasteiger partial charge in [0.05, 0.1) is 10.6 Å². The van der Waals surface area contributed by atoms with Crippen LogP contribution in [-0.4, -0.2) is 52.6 Å². The minimum Gasteiger partial charge on any atom is -0.362 e. The SMILES string of the molecule is O=C1ON=C(C(F)(F)C(F)(F)F)/C1=C/CCc1ccc(N2CCS(=O)CC2)s1. The molecule has 5 nitrogen and oxygen atoms in total. The van der Waals surface area contributed by atoms with E-state index in [0.29, 0.717) is 31.0 Å². The molecule has 2 aliphatic heterocycles. The average molecular weight is 442 g/mol. The van der Waals surface area contributed by atoms with Crippen LogP contribution in [-0.2, 0) is 26.9 Å². The number of carbonyl (C=O) groups is 1. The molecular weight excluding hydrogens is 427 g/mol. The fourth-order valence-corrected chi connectivity index (χ4v) is 4.84. The van der Waals surface area contributed by atoms with Crippen LogP contribution in [0.3, 0.4) is 0 Å². The predicted molar refractivity (Wildman–Crippen MR) is 95.3 cm³/mol. The summed E-state index contributed by atoms with van der Waals surface area (Å²) in [6.45, 7) is 1.35. The molecule has 0 unspecified atom stereocenters. The fourth-order valence-electron chi connectivity index (χ4n) is 2.71. The van der Waals surface area contributed by atoms with E-state index in [-0.39, 0.29) is 6.42 Å². The van der Waals surface area contributed by atoms with Crippen molar-refractivity contribution >= 4 is 38.8 Å². The Morgan fingerprint density at radius 3 is 2.54 bits per heavy atom. The minimum atomic E-state index is -5.88. The highest BCUT2D eigenvalue weighted by Gasteiger charge is 2.64. The summed E-state index contributed by atoms with van der Waals surface area (Å²) in [6.07, 6.45) is -4.45. The van der Waals surface area contributed by atoms with Gasteiger partial charge < -0.3 is 9.74 Å². The highest BCUT2D eigenvalue weighted by Crippen LogP contribution is 2.40. The van der Waals surface area contributed by atoms with Crippen LogP contribution >= 0.6 is 11.3 Å². The highest BCUT2D eigenvalue weighted by atomic mass is 32.2. The second-order valence-corrected chi connectivity index (χ2v) is 8.97. The summed E-state index contributed by atoms with van der Waals surface area (Å²) in [5.74, 6) is -5.41. The van der Waals surface area contributed by atoms with Crippen LogP contribution < -0.4 is 4.90 Å². The van der Waals surface area contributed by atoms with Crippen LogP contribution in [0.15, 0.2) is 28.9 Å². The Balaban J connectivity index is 1.65. The van der Waals surface area contributed by atoms with E-state index in [1.54, 1.807) is 0 Å². The molecule has 0 spiro atoms. The lowest BCUT2D eigenvalue weighted by Crippen LogP contribution is -2.44. The molecular formula is C16H15F5N2O3S2. The Morgan fingerprint density at radius 1 is 1.21 bits per heavy atom. The largest absolute Gasteiger partial charge is 0.459 e. The molecule has 12 heteroatoms. The van der Waals surface area contributed by atoms with Gasteiger partial charge in [-0.2, -0.15) is 22.0 Å². The van der Waals surface area contributed by atoms with Crippen LogP contribution in [0, 0.1) is 0 Å². The molecule has 2 aliphatic rings. The lowest BCUT2D eigenvalue weighted by atomic mass is 10.0. The van der Waals surface area contributed by atoms with Crippen molar-refractivity contribution in [3.63, 3.8) is 0 Å². The molecule has 0 saturated carbocycles. The summed E-state index contributed by atoms with van der Waals surface area (Å²) in [5.41, 5.74) is -2.57. The zero-order valence-electron chi connectivity index (χ0n) is 14.3. The van der Waals surface area contributed by atoms with Gasteiger partial charge in [0.25, 0.3) is 0 Å². The van der Waals surface area contributed by atoms with Crippen LogP contribution in [0.25, 0.3) is 0 Å². The Kier molecular flexibility index (Phi) is 5.89. The Labute approximate surface area is 163 Å². The van der Waals surface area contributed by atoms with Gasteiger partial charge in [-0.1, -0.05) is 11.2 Å². The Hall–Kier alpha value is -1.82. The van der Waals surface area contributed by atoms with E-state index in [2.05, 4.69) is 14.9 Å². The summed E-state index contributed by atoms with van der Waals surface area (Å²) in [7, 11) is -0.796. The van der Waals surface area contributed by atoms with Crippen molar-refractivity contribution in [1.29, 1.82) is 0 Å². The number of nitrogens with zero attached hydrogens (tertiary/aromatic N) is 2. The fraction of sp³-hybridized carbons (Fsp3) is 0.500. The number of alkyl halides is 5. The third-order valence-electron chi connectivity index (χ3n) is 4.22. The monoisotopic (exact) mass is 442 g/mol. The molecule has 0 radical (unpaired) electrons. The minimum absolute atomic E-state index is 0.0708. The number of carbonyl (C=O) groups excluding carboxylic acids is 1. The molecule has 0 bridgehead atoms. The molecule has 0 aliphatic carbocycles. The van der Waals surface area contributed by atoms with E-state index in [0.717, 1.165) is 16.0 Å². The Bertz CT molecular complexity index is 838. The smallest absolute Gasteiger partial charge is 0.362 e. The van der Waals surface area contributed by atoms with Gasteiger partial charge in [0.2, 0.25) is 0 Å². The number of hydrogen-bond acceptors (Lipinski definition) is 6. The summed E-state index contributed by atoms with van der Waals surface area (Å²) in [6, 6.07) is 3.71. The van der Waals surface area contributed by atoms with Gasteiger partial charge in [-0.15, -0.1) is 11.3 Å². The van der Waals surface area contributed by atoms with Gasteiger partial charge in [0, 0.05) is 40.3 Å². The van der Waals surface area contributed by atoms with Crippen molar-refractivity contribution in [3.05, 3.63) is 28.7 Å². The number of halogens is 5. The molecule has 154 valence electrons. The molecule has 0 amide bonds. The number of anilines is 1. The third-order valence-corrected chi connectivity index (χ3v) is 6.71. The molecule has 0 atom stereocenters. The summed E-state index contributed by atoms with van der Waals surface area (Å²) in [5, 5.41) is 3.61. The Morgan fingerprint density at radius 2 is 1.89 bits per heavy atom. The zero-order chi connectivity index (χ0) is 20.5. The van der Waals surface area contributed by atoms with Crippen molar-refractivity contribution in [2.45, 2.75) is 24.9 Å². The maximum atomic E-state index is 13.5. The van der Waals surface area contributed by atoms with Crippen molar-refractivity contribution in [2.75, 3.05) is 29.5 Å². The summed E-state index contributed by atoms with van der Waals surface area (Å²) in [4.78, 5) is 18.5. The first-order valence-corrected chi connectivity index (χ1v) is 10.5. The first-order chi connectivity index (χ1) is 13.1. The topological polar surface area (TPSA) is 59.0 Å². The van der Waals surface area contributed by atoms with Crippen molar-refractivity contribution in [1.82, 2.24) is 0 Å². The van der Waals surface area contributed by atoms with Gasteiger partial charge in [0.1, 0.15) is 0 Å². The van der Waals surface area contributed by atoms with Crippen molar-refractivity contribution in [2.24, 2.45) is 5.16 Å². The second-order valence-electron chi connectivity index (χ2n) is 6.12. The standard InChI is InChI=1S/C16H15F5N2O3S2/c17-15(18,16(19,20)21)13-11(14(24)26-22-13)3-1-2-10-4-5-12(27-10)23-6-8-28(25)9-7-23/h3-5H,1-2,6-9H2/b11-3-. The van der Waals surface area contributed by atoms with Crippen LogP contribution in [0.2, 0.25) is 0 Å². The van der Waals surface area contributed by atoms with E-state index >= 15 is 0 Å². The molecule has 1 aromatic heterocycles. The zero-order valence-corrected chi connectivity index (χ0v) is 15.9. The second kappa shape index (κ2) is 7.90. The van der Waals surface area contributed by atoms with E-state index in [4.69, 9.17) is 0 Å². The summed E-state index contributed by atoms with van der Waals surface area (Å²) >= 11 is 1.46. The molecule has 1 aromatic rings. The normalized spacial score (nSPS) is 20.6. The number of allylic oxidation sites excluding steroid dienone is 1. The molecule has 3 heterocycles. The van der Waals surface area contributed by atoms with Gasteiger partial charge in [-0.05, 0) is 25.0 Å². The summed E-state index contributed by atoms with van der Waals surface area (Å²) < 4.78 is 76.0. The van der Waals surface area contributed by atoms with Crippen LogP contribution in [0.5, 0.6) is 0 Å². The van der Waals surface area contributed by atoms with Gasteiger partial charge >= 0.3 is 18.1 Å². The number of oxime groups is 1. The van der Waals surface area contributed by atoms with Gasteiger partial charge in [0.15, 0.2) is 5.71 Å². The van der Waals surface area contributed by atoms with E-state index in [1.165, 1.54) is 11.3 Å². The third kappa shape index (κ3) is 4.27. The molecule has 28 heavy (non-hydrogen) atoms. The maximum Gasteiger partial charge on any atom is 0.459 e. The van der Waals surface area contributed by atoms with E-state index in [9.17, 15) is 31.0 Å². The number of aryl methyl sites for hydroxylation is 1. The van der Waals surface area contributed by atoms with Crippen molar-refractivity contribution < 1.29 is 35.8 Å². The van der Waals surface area contributed by atoms with Crippen molar-refractivity contribution in [3.8, 4) is 0 Å². The number of thiophene rings is 1. The average Bonchev–Trinajstić information content (AvgIpc) is 3.22. The van der Waals surface area contributed by atoms with Crippen LogP contribution in [0.4, 0.5) is 27.0 Å². The maximum absolute atomic E-state index is 13.5. The molecule has 1 saturated heterocycles. The molecule has 0 aromatic carbocycles. The lowest BCUT2D eigenvalue weighted by Gasteiger charge is -2.26.